The smallest absolute Gasteiger partial charge is 0.320 e. The number of ether oxygens (including phenoxy) is 1. The highest BCUT2D eigenvalue weighted by Crippen LogP contribution is 2.31. The number of nitrogens with one attached hydrogen (secondary N) is 2. The fourth-order valence-corrected chi connectivity index (χ4v) is 7.46. The Hall–Kier alpha value is -4.01. The maximum Gasteiger partial charge on any atom is 0.320 e. The first-order chi connectivity index (χ1) is 23.4. The number of carbonyl (C=O) groups is 1. The summed E-state index contributed by atoms with van der Waals surface area (Å²) in [5, 5.41) is 27.1. The fourth-order valence-electron chi connectivity index (χ4n) is 7.46. The Morgan fingerprint density at radius 1 is 1.02 bits per heavy atom. The molecule has 11 nitrogen and oxygen atoms in total. The van der Waals surface area contributed by atoms with E-state index in [1.165, 1.54) is 12.8 Å². The second kappa shape index (κ2) is 15.9. The highest BCUT2D eigenvalue weighted by molar-refractivity contribution is 5.94. The van der Waals surface area contributed by atoms with Crippen LogP contribution in [-0.4, -0.2) is 96.6 Å². The Morgan fingerprint density at radius 2 is 1.77 bits per heavy atom. The molecule has 0 unspecified atom stereocenters. The Bertz CT molecular complexity index is 1590. The Kier molecular flexibility index (Phi) is 11.2. The van der Waals surface area contributed by atoms with Gasteiger partial charge < -0.3 is 30.1 Å². The largest absolute Gasteiger partial charge is 0.381 e. The number of amides is 2. The molecule has 1 aromatic carbocycles. The summed E-state index contributed by atoms with van der Waals surface area (Å²) in [5.41, 5.74) is 4.13. The zero-order valence-electron chi connectivity index (χ0n) is 28.9. The van der Waals surface area contributed by atoms with Crippen molar-refractivity contribution in [1.29, 1.82) is 5.26 Å². The summed E-state index contributed by atoms with van der Waals surface area (Å²) in [5.74, 6) is 2.95. The maximum absolute atomic E-state index is 13.4. The molecule has 48 heavy (non-hydrogen) atoms. The molecular weight excluding hydrogens is 602 g/mol. The molecule has 3 saturated heterocycles. The van der Waals surface area contributed by atoms with Crippen molar-refractivity contribution < 1.29 is 9.53 Å². The van der Waals surface area contributed by atoms with Crippen molar-refractivity contribution in [2.45, 2.75) is 65.3 Å². The third-order valence-electron chi connectivity index (χ3n) is 10.7. The third kappa shape index (κ3) is 7.99. The minimum absolute atomic E-state index is 0.0300. The average Bonchev–Trinajstić information content (AvgIpc) is 3.12. The molecular formula is C37H51N9O2. The van der Waals surface area contributed by atoms with Gasteiger partial charge in [0.25, 0.3) is 0 Å². The number of rotatable bonds is 10. The van der Waals surface area contributed by atoms with Gasteiger partial charge in [-0.15, -0.1) is 5.10 Å². The molecule has 0 aliphatic carbocycles. The maximum atomic E-state index is 13.4. The van der Waals surface area contributed by atoms with E-state index in [1.807, 2.05) is 30.2 Å². The van der Waals surface area contributed by atoms with E-state index in [1.54, 1.807) is 0 Å². The number of piperidine rings is 2. The van der Waals surface area contributed by atoms with Crippen molar-refractivity contribution in [3.05, 3.63) is 52.8 Å². The number of pyridine rings is 1. The van der Waals surface area contributed by atoms with Crippen molar-refractivity contribution in [2.75, 3.05) is 75.8 Å². The van der Waals surface area contributed by atoms with Gasteiger partial charge in [-0.2, -0.15) is 10.4 Å². The lowest BCUT2D eigenvalue weighted by molar-refractivity contribution is 0.0690. The third-order valence-corrected chi connectivity index (χ3v) is 10.7. The van der Waals surface area contributed by atoms with E-state index < -0.39 is 0 Å². The number of hydrogen-bond donors (Lipinski definition) is 2. The summed E-state index contributed by atoms with van der Waals surface area (Å²) in [6.45, 7) is 14.6. The predicted molar refractivity (Wildman–Crippen MR) is 189 cm³/mol. The topological polar surface area (TPSA) is 123 Å². The summed E-state index contributed by atoms with van der Waals surface area (Å²) in [7, 11) is 0. The van der Waals surface area contributed by atoms with E-state index in [0.29, 0.717) is 37.2 Å². The van der Waals surface area contributed by atoms with Gasteiger partial charge in [-0.25, -0.2) is 9.78 Å². The quantitative estimate of drug-likeness (QED) is 0.283. The minimum atomic E-state index is -0.0300. The summed E-state index contributed by atoms with van der Waals surface area (Å²) >= 11 is 0. The van der Waals surface area contributed by atoms with Crippen molar-refractivity contribution in [3.8, 4) is 6.07 Å². The molecule has 2 amide bonds. The summed E-state index contributed by atoms with van der Waals surface area (Å²) < 4.78 is 6.03. The van der Waals surface area contributed by atoms with Gasteiger partial charge in [-0.1, -0.05) is 18.2 Å². The molecule has 0 bridgehead atoms. The van der Waals surface area contributed by atoms with Crippen LogP contribution in [0.3, 0.4) is 0 Å². The normalized spacial score (nSPS) is 18.6. The SMILES string of the molecule is Cc1c(CC#N)cccc1[C@@H](C)Nc1nnc(C)c2cnc(N3CCN(C(=O)N4CCC(CCOCC5CCNCC5)CC4)CC3)cc12. The molecule has 0 spiro atoms. The van der Waals surface area contributed by atoms with E-state index >= 15 is 0 Å². The van der Waals surface area contributed by atoms with Crippen LogP contribution in [0, 0.1) is 37.0 Å². The van der Waals surface area contributed by atoms with Crippen molar-refractivity contribution >= 4 is 28.4 Å². The average molecular weight is 654 g/mol. The van der Waals surface area contributed by atoms with Gasteiger partial charge in [0, 0.05) is 69.5 Å². The number of aryl methyl sites for hydroxylation is 1. The first-order valence-electron chi connectivity index (χ1n) is 17.8. The standard InChI is InChI=1S/C37H51N9O2/c1-26-31(7-13-38)5-4-6-32(26)27(2)41-36-33-23-35(40-24-34(33)28(3)42-43-36)44-18-20-46(21-19-44)37(47)45-16-10-29(11-17-45)12-22-48-25-30-8-14-39-15-9-30/h4-6,23-24,27,29-30,39H,7-12,14-22,25H2,1-3H3,(H,41,43)/t27-/m1/s1. The van der Waals surface area contributed by atoms with E-state index in [4.69, 9.17) is 9.72 Å². The lowest BCUT2D eigenvalue weighted by Crippen LogP contribution is -2.54. The van der Waals surface area contributed by atoms with Crippen LogP contribution < -0.4 is 15.5 Å². The van der Waals surface area contributed by atoms with Gasteiger partial charge in [-0.3, -0.25) is 0 Å². The number of anilines is 2. The van der Waals surface area contributed by atoms with Crippen LogP contribution in [0.1, 0.15) is 67.5 Å². The monoisotopic (exact) mass is 653 g/mol. The Balaban J connectivity index is 1.01. The number of benzene rings is 1. The molecule has 2 N–H and O–H groups in total. The molecule has 3 fully saturated rings. The molecule has 3 aromatic rings. The molecule has 256 valence electrons. The predicted octanol–water partition coefficient (Wildman–Crippen LogP) is 5.24. The second-order valence-corrected chi connectivity index (χ2v) is 13.8. The van der Waals surface area contributed by atoms with Crippen molar-refractivity contribution in [3.63, 3.8) is 0 Å². The molecule has 0 radical (unpaired) electrons. The Labute approximate surface area is 285 Å². The highest BCUT2D eigenvalue weighted by atomic mass is 16.5. The number of urea groups is 1. The number of hydrogen-bond acceptors (Lipinski definition) is 9. The molecule has 11 heteroatoms. The summed E-state index contributed by atoms with van der Waals surface area (Å²) in [4.78, 5) is 24.6. The number of nitrogens with zero attached hydrogens (tertiary/aromatic N) is 7. The number of likely N-dealkylation sites (tertiary alicyclic amines) is 1. The van der Waals surface area contributed by atoms with Gasteiger partial charge in [0.15, 0.2) is 5.82 Å². The molecule has 5 heterocycles. The fraction of sp³-hybridized carbons (Fsp3) is 0.595. The summed E-state index contributed by atoms with van der Waals surface area (Å²) in [6, 6.07) is 10.6. The van der Waals surface area contributed by atoms with Crippen LogP contribution in [0.2, 0.25) is 0 Å². The number of aromatic nitrogens is 3. The Morgan fingerprint density at radius 3 is 2.52 bits per heavy atom. The lowest BCUT2D eigenvalue weighted by Gasteiger charge is -2.40. The molecule has 2 aromatic heterocycles. The van der Waals surface area contributed by atoms with Gasteiger partial charge in [0.05, 0.1) is 24.2 Å². The zero-order chi connectivity index (χ0) is 33.5. The van der Waals surface area contributed by atoms with Crippen LogP contribution in [0.4, 0.5) is 16.4 Å². The molecule has 3 aliphatic rings. The highest BCUT2D eigenvalue weighted by Gasteiger charge is 2.29. The number of fused-ring (bicyclic) bond motifs is 1. The van der Waals surface area contributed by atoms with Crippen LogP contribution in [0.5, 0.6) is 0 Å². The van der Waals surface area contributed by atoms with E-state index in [2.05, 4.69) is 62.7 Å². The van der Waals surface area contributed by atoms with E-state index in [9.17, 15) is 10.1 Å². The number of nitriles is 1. The lowest BCUT2D eigenvalue weighted by atomic mass is 9.94. The number of piperazine rings is 1. The summed E-state index contributed by atoms with van der Waals surface area (Å²) in [6.07, 6.45) is 7.95. The van der Waals surface area contributed by atoms with E-state index in [-0.39, 0.29) is 12.1 Å². The van der Waals surface area contributed by atoms with E-state index in [0.717, 1.165) is 111 Å². The van der Waals surface area contributed by atoms with Crippen molar-refractivity contribution in [2.24, 2.45) is 11.8 Å². The van der Waals surface area contributed by atoms with Crippen molar-refractivity contribution in [1.82, 2.24) is 30.3 Å². The number of carbonyl (C=O) groups excluding carboxylic acids is 1. The van der Waals surface area contributed by atoms with Crippen LogP contribution >= 0.6 is 0 Å². The molecule has 6 rings (SSSR count). The van der Waals surface area contributed by atoms with Crippen LogP contribution in [0.15, 0.2) is 30.5 Å². The van der Waals surface area contributed by atoms with Gasteiger partial charge in [0.1, 0.15) is 5.82 Å². The molecule has 0 saturated carbocycles. The van der Waals surface area contributed by atoms with Gasteiger partial charge in [-0.05, 0) is 101 Å². The molecule has 1 atom stereocenters. The first kappa shape index (κ1) is 33.9. The first-order valence-corrected chi connectivity index (χ1v) is 17.8. The minimum Gasteiger partial charge on any atom is -0.381 e. The molecule has 3 aliphatic heterocycles. The second-order valence-electron chi connectivity index (χ2n) is 13.8. The van der Waals surface area contributed by atoms with Gasteiger partial charge >= 0.3 is 6.03 Å². The van der Waals surface area contributed by atoms with Gasteiger partial charge in [0.2, 0.25) is 0 Å². The zero-order valence-corrected chi connectivity index (χ0v) is 28.9. The van der Waals surface area contributed by atoms with Crippen LogP contribution in [0.25, 0.3) is 10.8 Å². The van der Waals surface area contributed by atoms with Crippen LogP contribution in [-0.2, 0) is 11.2 Å².